The quantitative estimate of drug-likeness (QED) is 0.623. The van der Waals surface area contributed by atoms with Crippen LogP contribution in [0.25, 0.3) is 0 Å². The summed E-state index contributed by atoms with van der Waals surface area (Å²) in [5.41, 5.74) is 3.75. The Morgan fingerprint density at radius 3 is 2.82 bits per heavy atom. The van der Waals surface area contributed by atoms with Crippen molar-refractivity contribution in [3.8, 4) is 0 Å². The molecule has 0 amide bonds. The van der Waals surface area contributed by atoms with Crippen molar-refractivity contribution in [1.29, 1.82) is 0 Å². The molecule has 1 aromatic rings. The first kappa shape index (κ1) is 11.1. The van der Waals surface area contributed by atoms with Crippen molar-refractivity contribution < 1.29 is 4.39 Å². The van der Waals surface area contributed by atoms with E-state index >= 15 is 0 Å². The number of nitrogens with zero attached hydrogens (tertiary/aromatic N) is 1. The highest BCUT2D eigenvalue weighted by molar-refractivity contribution is 5.17. The Balaban J connectivity index is 1.84. The van der Waals surface area contributed by atoms with Gasteiger partial charge in [-0.2, -0.15) is 0 Å². The number of nitrogens with two attached hydrogens (primary N) is 1. The van der Waals surface area contributed by atoms with Crippen molar-refractivity contribution in [3.63, 3.8) is 0 Å². The van der Waals surface area contributed by atoms with E-state index < -0.39 is 0 Å². The van der Waals surface area contributed by atoms with Crippen LogP contribution in [-0.4, -0.2) is 4.98 Å². The number of hydrazine groups is 1. The number of fused-ring (bicyclic) bond motifs is 2. The van der Waals surface area contributed by atoms with Crippen LogP contribution in [0.4, 0.5) is 4.39 Å². The molecule has 0 aliphatic heterocycles. The molecule has 0 aromatic carbocycles. The van der Waals surface area contributed by atoms with Crippen LogP contribution in [-0.2, 0) is 0 Å². The maximum atomic E-state index is 13.2. The van der Waals surface area contributed by atoms with E-state index in [4.69, 9.17) is 5.84 Å². The third-order valence-corrected chi connectivity index (χ3v) is 4.49. The van der Waals surface area contributed by atoms with Crippen molar-refractivity contribution in [2.45, 2.75) is 31.7 Å². The summed E-state index contributed by atoms with van der Waals surface area (Å²) in [6.45, 7) is 0. The Labute approximate surface area is 101 Å². The Morgan fingerprint density at radius 1 is 1.35 bits per heavy atom. The highest BCUT2D eigenvalue weighted by atomic mass is 19.1. The van der Waals surface area contributed by atoms with Gasteiger partial charge < -0.3 is 0 Å². The van der Waals surface area contributed by atoms with E-state index in [-0.39, 0.29) is 11.9 Å². The summed E-state index contributed by atoms with van der Waals surface area (Å²) in [5.74, 6) is 7.54. The van der Waals surface area contributed by atoms with Crippen LogP contribution in [0.3, 0.4) is 0 Å². The average molecular weight is 235 g/mol. The lowest BCUT2D eigenvalue weighted by Gasteiger charge is -2.30. The summed E-state index contributed by atoms with van der Waals surface area (Å²) >= 11 is 0. The van der Waals surface area contributed by atoms with E-state index in [0.717, 1.165) is 17.4 Å². The van der Waals surface area contributed by atoms with Gasteiger partial charge in [-0.3, -0.25) is 16.3 Å². The molecule has 3 rings (SSSR count). The molecule has 2 fully saturated rings. The maximum Gasteiger partial charge on any atom is 0.141 e. The molecule has 3 nitrogen and oxygen atoms in total. The second-order valence-electron chi connectivity index (χ2n) is 5.42. The number of aromatic nitrogens is 1. The fourth-order valence-electron chi connectivity index (χ4n) is 3.77. The number of pyridine rings is 1. The fraction of sp³-hybridized carbons (Fsp3) is 0.615. The van der Waals surface area contributed by atoms with Gasteiger partial charge in [-0.15, -0.1) is 0 Å². The molecule has 1 heterocycles. The Morgan fingerprint density at radius 2 is 2.24 bits per heavy atom. The van der Waals surface area contributed by atoms with E-state index in [9.17, 15) is 4.39 Å². The molecule has 1 aromatic heterocycles. The van der Waals surface area contributed by atoms with Gasteiger partial charge >= 0.3 is 0 Å². The summed E-state index contributed by atoms with van der Waals surface area (Å²) in [6.07, 6.45) is 8.16. The Hall–Kier alpha value is -1.00. The molecule has 0 spiro atoms. The lowest BCUT2D eigenvalue weighted by atomic mass is 9.81. The summed E-state index contributed by atoms with van der Waals surface area (Å²) in [6, 6.07) is 1.59. The molecule has 17 heavy (non-hydrogen) atoms. The van der Waals surface area contributed by atoms with Crippen LogP contribution in [0.5, 0.6) is 0 Å². The number of nitrogens with one attached hydrogen (secondary N) is 1. The van der Waals surface area contributed by atoms with E-state index in [2.05, 4.69) is 10.4 Å². The predicted octanol–water partition coefficient (Wildman–Crippen LogP) is 2.16. The van der Waals surface area contributed by atoms with Gasteiger partial charge in [-0.05, 0) is 48.6 Å². The van der Waals surface area contributed by atoms with Gasteiger partial charge in [-0.25, -0.2) is 4.39 Å². The third-order valence-electron chi connectivity index (χ3n) is 4.49. The second-order valence-corrected chi connectivity index (χ2v) is 5.42. The molecule has 2 bridgehead atoms. The minimum Gasteiger partial charge on any atom is -0.271 e. The first-order valence-corrected chi connectivity index (χ1v) is 6.34. The van der Waals surface area contributed by atoms with Gasteiger partial charge in [0.15, 0.2) is 0 Å². The summed E-state index contributed by atoms with van der Waals surface area (Å²) in [5, 5.41) is 0. The highest BCUT2D eigenvalue weighted by Gasteiger charge is 2.43. The highest BCUT2D eigenvalue weighted by Crippen LogP contribution is 2.52. The molecule has 0 radical (unpaired) electrons. The van der Waals surface area contributed by atoms with Crippen LogP contribution in [0, 0.1) is 23.6 Å². The van der Waals surface area contributed by atoms with Crippen LogP contribution < -0.4 is 11.3 Å². The van der Waals surface area contributed by atoms with Gasteiger partial charge in [-0.1, -0.05) is 6.42 Å². The molecule has 2 aliphatic rings. The standard InChI is InChI=1S/C13H18FN3/c14-11-5-10(6-16-7-11)13(17-15)12-4-8-1-2-9(12)3-8/h5-9,12-13,17H,1-4,15H2. The molecule has 4 unspecified atom stereocenters. The number of hydrogen-bond donors (Lipinski definition) is 2. The molecule has 3 N–H and O–H groups in total. The minimum atomic E-state index is -0.286. The topological polar surface area (TPSA) is 50.9 Å². The van der Waals surface area contributed by atoms with Crippen LogP contribution >= 0.6 is 0 Å². The van der Waals surface area contributed by atoms with E-state index in [1.807, 2.05) is 0 Å². The third kappa shape index (κ3) is 1.96. The predicted molar refractivity (Wildman–Crippen MR) is 63.2 cm³/mol. The molecule has 2 aliphatic carbocycles. The molecule has 0 saturated heterocycles. The lowest BCUT2D eigenvalue weighted by Crippen LogP contribution is -2.36. The van der Waals surface area contributed by atoms with E-state index in [1.165, 1.54) is 31.9 Å². The zero-order valence-electron chi connectivity index (χ0n) is 9.77. The molecule has 2 saturated carbocycles. The minimum absolute atomic E-state index is 0.0495. The van der Waals surface area contributed by atoms with Crippen LogP contribution in [0.2, 0.25) is 0 Å². The molecular weight excluding hydrogens is 217 g/mol. The van der Waals surface area contributed by atoms with Crippen LogP contribution in [0.15, 0.2) is 18.5 Å². The smallest absolute Gasteiger partial charge is 0.141 e. The Bertz CT molecular complexity index is 409. The SMILES string of the molecule is NNC(c1cncc(F)c1)C1CC2CCC1C2. The van der Waals surface area contributed by atoms with E-state index in [1.54, 1.807) is 12.3 Å². The van der Waals surface area contributed by atoms with Crippen molar-refractivity contribution in [1.82, 2.24) is 10.4 Å². The number of hydrogen-bond acceptors (Lipinski definition) is 3. The normalized spacial score (nSPS) is 32.9. The van der Waals surface area contributed by atoms with E-state index in [0.29, 0.717) is 5.92 Å². The first-order valence-electron chi connectivity index (χ1n) is 6.34. The Kier molecular flexibility index (Phi) is 2.84. The molecule has 4 heteroatoms. The van der Waals surface area contributed by atoms with Crippen molar-refractivity contribution in [2.75, 3.05) is 0 Å². The van der Waals surface area contributed by atoms with Gasteiger partial charge in [0.2, 0.25) is 0 Å². The van der Waals surface area contributed by atoms with Gasteiger partial charge in [0.05, 0.1) is 12.2 Å². The number of rotatable bonds is 3. The van der Waals surface area contributed by atoms with Crippen molar-refractivity contribution in [3.05, 3.63) is 29.8 Å². The number of halogens is 1. The molecular formula is C13H18FN3. The lowest BCUT2D eigenvalue weighted by molar-refractivity contribution is 0.251. The average Bonchev–Trinajstić information content (AvgIpc) is 2.92. The zero-order chi connectivity index (χ0) is 11.8. The fourth-order valence-corrected chi connectivity index (χ4v) is 3.77. The van der Waals surface area contributed by atoms with Crippen molar-refractivity contribution in [2.24, 2.45) is 23.6 Å². The van der Waals surface area contributed by atoms with Crippen LogP contribution in [0.1, 0.15) is 37.3 Å². The maximum absolute atomic E-state index is 13.2. The van der Waals surface area contributed by atoms with Gasteiger partial charge in [0, 0.05) is 6.20 Å². The molecule has 92 valence electrons. The summed E-state index contributed by atoms with van der Waals surface area (Å²) < 4.78 is 13.2. The first-order chi connectivity index (χ1) is 8.28. The second kappa shape index (κ2) is 4.35. The van der Waals surface area contributed by atoms with Gasteiger partial charge in [0.25, 0.3) is 0 Å². The van der Waals surface area contributed by atoms with Gasteiger partial charge in [0.1, 0.15) is 5.82 Å². The van der Waals surface area contributed by atoms with Crippen molar-refractivity contribution >= 4 is 0 Å². The monoisotopic (exact) mass is 235 g/mol. The summed E-state index contributed by atoms with van der Waals surface area (Å²) in [7, 11) is 0. The zero-order valence-corrected chi connectivity index (χ0v) is 9.77. The summed E-state index contributed by atoms with van der Waals surface area (Å²) in [4.78, 5) is 3.92. The largest absolute Gasteiger partial charge is 0.271 e. The molecule has 4 atom stereocenters.